The molecule has 0 aromatic carbocycles. The number of hydrogen-bond donors (Lipinski definition) is 2. The zero-order valence-corrected chi connectivity index (χ0v) is 8.23. The van der Waals surface area contributed by atoms with Gasteiger partial charge in [0.1, 0.15) is 0 Å². The molecule has 0 aliphatic heterocycles. The molecule has 0 aromatic rings. The summed E-state index contributed by atoms with van der Waals surface area (Å²) in [6.45, 7) is 1.56. The summed E-state index contributed by atoms with van der Waals surface area (Å²) in [7, 11) is 0. The maximum atomic E-state index is 11.2. The van der Waals surface area contributed by atoms with Crippen molar-refractivity contribution >= 4 is 11.9 Å². The molecule has 78 valence electrons. The summed E-state index contributed by atoms with van der Waals surface area (Å²) in [4.78, 5) is 22.3. The van der Waals surface area contributed by atoms with Gasteiger partial charge in [-0.3, -0.25) is 9.59 Å². The van der Waals surface area contributed by atoms with Crippen LogP contribution in [0.25, 0.3) is 0 Å². The van der Waals surface area contributed by atoms with Crippen molar-refractivity contribution < 1.29 is 14.7 Å². The molecule has 0 heterocycles. The van der Waals surface area contributed by atoms with Gasteiger partial charge in [0.2, 0.25) is 5.91 Å². The van der Waals surface area contributed by atoms with E-state index in [0.717, 1.165) is 0 Å². The van der Waals surface area contributed by atoms with Crippen molar-refractivity contribution in [3.8, 4) is 0 Å². The fraction of sp³-hybridized carbons (Fsp3) is 0.818. The predicted molar refractivity (Wildman–Crippen MR) is 47.6 cm³/mol. The second-order valence-corrected chi connectivity index (χ2v) is 6.01. The monoisotopic (exact) mass is 205 g/mol. The number of nitrogens with one attached hydrogen (secondary N) is 1. The van der Waals surface area contributed by atoms with E-state index in [1.165, 1.54) is 0 Å². The third kappa shape index (κ3) is 0.317. The fourth-order valence-corrected chi connectivity index (χ4v) is 6.51. The van der Waals surface area contributed by atoms with E-state index in [2.05, 4.69) is 5.32 Å². The Hall–Kier alpha value is -1.06. The van der Waals surface area contributed by atoms with Gasteiger partial charge in [-0.15, -0.1) is 0 Å². The van der Waals surface area contributed by atoms with Crippen LogP contribution in [0, 0.1) is 40.9 Å². The van der Waals surface area contributed by atoms with E-state index in [-0.39, 0.29) is 16.9 Å². The first-order valence-corrected chi connectivity index (χ1v) is 5.61. The standard InChI is InChI=1S/C11H11NO3/c1-2(13)12-11-6-3-7(11)5-8(11)4(6)10(3,5)9(14)15/h3-8H,1H3,(H,12,13)(H,14,15). The zero-order chi connectivity index (χ0) is 10.3. The number of carbonyl (C=O) groups is 2. The van der Waals surface area contributed by atoms with Crippen LogP contribution in [0.1, 0.15) is 6.92 Å². The average Bonchev–Trinajstić information content (AvgIpc) is 2.17. The van der Waals surface area contributed by atoms with Crippen molar-refractivity contribution in [2.45, 2.75) is 12.5 Å². The lowest BCUT2D eigenvalue weighted by Crippen LogP contribution is -3.16. The predicted octanol–water partition coefficient (Wildman–Crippen LogP) is -0.303. The molecular weight excluding hydrogens is 194 g/mol. The minimum atomic E-state index is -0.567. The summed E-state index contributed by atoms with van der Waals surface area (Å²) in [6.07, 6.45) is 0. The first kappa shape index (κ1) is 7.25. The van der Waals surface area contributed by atoms with Crippen LogP contribution < -0.4 is 5.32 Å². The molecule has 2 N–H and O–H groups in total. The molecule has 0 radical (unpaired) electrons. The van der Waals surface area contributed by atoms with Crippen molar-refractivity contribution in [3.05, 3.63) is 0 Å². The highest BCUT2D eigenvalue weighted by Crippen LogP contribution is 3.06. The van der Waals surface area contributed by atoms with E-state index in [1.807, 2.05) is 0 Å². The molecule has 4 nitrogen and oxygen atoms in total. The van der Waals surface area contributed by atoms with Crippen molar-refractivity contribution in [2.24, 2.45) is 40.9 Å². The van der Waals surface area contributed by atoms with E-state index in [1.54, 1.807) is 6.92 Å². The minimum Gasteiger partial charge on any atom is -0.481 e. The highest BCUT2D eigenvalue weighted by atomic mass is 16.4. The molecule has 4 heteroatoms. The molecule has 6 aliphatic rings. The van der Waals surface area contributed by atoms with Crippen molar-refractivity contribution in [1.29, 1.82) is 0 Å². The van der Waals surface area contributed by atoms with Gasteiger partial charge in [0.25, 0.3) is 0 Å². The van der Waals surface area contributed by atoms with Crippen LogP contribution in [0.3, 0.4) is 0 Å². The molecule has 0 unspecified atom stereocenters. The Morgan fingerprint density at radius 2 is 1.53 bits per heavy atom. The van der Waals surface area contributed by atoms with Crippen LogP contribution >= 0.6 is 0 Å². The molecule has 15 heavy (non-hydrogen) atoms. The van der Waals surface area contributed by atoms with Gasteiger partial charge in [-0.1, -0.05) is 0 Å². The first-order chi connectivity index (χ1) is 7.09. The quantitative estimate of drug-likeness (QED) is 0.650. The number of carboxylic acids is 1. The summed E-state index contributed by atoms with van der Waals surface area (Å²) in [6, 6.07) is 0. The van der Waals surface area contributed by atoms with Crippen molar-refractivity contribution in [1.82, 2.24) is 5.32 Å². The molecule has 6 fully saturated rings. The number of carboxylic acid groups (broad SMARTS) is 1. The molecule has 0 bridgehead atoms. The molecule has 0 saturated heterocycles. The first-order valence-electron chi connectivity index (χ1n) is 5.61. The Balaban J connectivity index is 1.54. The van der Waals surface area contributed by atoms with E-state index < -0.39 is 5.97 Å². The van der Waals surface area contributed by atoms with E-state index >= 15 is 0 Å². The molecular formula is C11H11NO3. The van der Waals surface area contributed by atoms with Gasteiger partial charge in [0.05, 0.1) is 11.0 Å². The van der Waals surface area contributed by atoms with Crippen LogP contribution in [0.2, 0.25) is 0 Å². The lowest BCUT2D eigenvalue weighted by molar-refractivity contribution is -0.609. The van der Waals surface area contributed by atoms with Crippen molar-refractivity contribution in [2.75, 3.05) is 0 Å². The summed E-state index contributed by atoms with van der Waals surface area (Å²) in [5, 5.41) is 12.3. The van der Waals surface area contributed by atoms with E-state index in [0.29, 0.717) is 35.5 Å². The summed E-state index contributed by atoms with van der Waals surface area (Å²) in [5.74, 6) is 2.32. The Labute approximate surface area is 86.0 Å². The molecule has 0 atom stereocenters. The van der Waals surface area contributed by atoms with Gasteiger partial charge in [-0.25, -0.2) is 0 Å². The molecule has 1 amide bonds. The van der Waals surface area contributed by atoms with E-state index in [9.17, 15) is 14.7 Å². The van der Waals surface area contributed by atoms with Crippen LogP contribution in [-0.2, 0) is 9.59 Å². The highest BCUT2D eigenvalue weighted by Gasteiger charge is 3.12. The molecule has 0 aromatic heterocycles. The summed E-state index contributed by atoms with van der Waals surface area (Å²) < 4.78 is 0. The maximum Gasteiger partial charge on any atom is 0.310 e. The van der Waals surface area contributed by atoms with Crippen molar-refractivity contribution in [3.63, 3.8) is 0 Å². The summed E-state index contributed by atoms with van der Waals surface area (Å²) >= 11 is 0. The SMILES string of the molecule is CC(=O)NC12C3C4C1C1C2C3C41C(=O)O. The lowest BCUT2D eigenvalue weighted by atomic mass is 8.94. The fourth-order valence-electron chi connectivity index (χ4n) is 6.51. The Bertz CT molecular complexity index is 415. The van der Waals surface area contributed by atoms with Crippen LogP contribution in [-0.4, -0.2) is 22.5 Å². The third-order valence-electron chi connectivity index (χ3n) is 6.39. The van der Waals surface area contributed by atoms with Gasteiger partial charge in [-0.05, 0) is 35.5 Å². The Kier molecular flexibility index (Phi) is 0.691. The Morgan fingerprint density at radius 3 is 1.87 bits per heavy atom. The Morgan fingerprint density at radius 1 is 1.07 bits per heavy atom. The normalized spacial score (nSPS) is 72.3. The molecule has 6 saturated carbocycles. The van der Waals surface area contributed by atoms with Crippen LogP contribution in [0.5, 0.6) is 0 Å². The van der Waals surface area contributed by atoms with Crippen LogP contribution in [0.15, 0.2) is 0 Å². The second kappa shape index (κ2) is 1.43. The van der Waals surface area contributed by atoms with Gasteiger partial charge in [-0.2, -0.15) is 0 Å². The minimum absolute atomic E-state index is 0.0510. The third-order valence-corrected chi connectivity index (χ3v) is 6.39. The topological polar surface area (TPSA) is 66.4 Å². The molecule has 0 spiro atoms. The average molecular weight is 205 g/mol. The van der Waals surface area contributed by atoms with Crippen LogP contribution in [0.4, 0.5) is 0 Å². The number of hydrogen-bond acceptors (Lipinski definition) is 2. The van der Waals surface area contributed by atoms with Gasteiger partial charge in [0.15, 0.2) is 0 Å². The number of rotatable bonds is 2. The zero-order valence-electron chi connectivity index (χ0n) is 8.23. The summed E-state index contributed by atoms with van der Waals surface area (Å²) in [5.41, 5.74) is -0.219. The van der Waals surface area contributed by atoms with E-state index in [4.69, 9.17) is 0 Å². The highest BCUT2D eigenvalue weighted by molar-refractivity contribution is 5.89. The maximum absolute atomic E-state index is 11.2. The number of aliphatic carboxylic acids is 1. The number of amides is 1. The largest absolute Gasteiger partial charge is 0.481 e. The second-order valence-electron chi connectivity index (χ2n) is 6.01. The van der Waals surface area contributed by atoms with Gasteiger partial charge >= 0.3 is 5.97 Å². The molecule has 6 aliphatic carbocycles. The van der Waals surface area contributed by atoms with Gasteiger partial charge < -0.3 is 10.4 Å². The lowest BCUT2D eigenvalue weighted by Gasteiger charge is -3.09. The smallest absolute Gasteiger partial charge is 0.310 e. The van der Waals surface area contributed by atoms with Gasteiger partial charge in [0, 0.05) is 6.92 Å². The number of carbonyl (C=O) groups excluding carboxylic acids is 1. The molecule has 6 rings (SSSR count).